The Kier molecular flexibility index (Phi) is 6.83. The van der Waals surface area contributed by atoms with Crippen LogP contribution in [-0.4, -0.2) is 37.1 Å². The number of benzene rings is 3. The molecular weight excluding hydrogens is 470 g/mol. The van der Waals surface area contributed by atoms with Crippen molar-refractivity contribution in [1.82, 2.24) is 4.98 Å². The van der Waals surface area contributed by atoms with Gasteiger partial charge >= 0.3 is 0 Å². The molecular formula is C25H23N3O6S. The van der Waals surface area contributed by atoms with E-state index in [0.717, 1.165) is 15.8 Å². The van der Waals surface area contributed by atoms with Crippen molar-refractivity contribution in [2.75, 3.05) is 26.2 Å². The molecule has 0 radical (unpaired) electrons. The van der Waals surface area contributed by atoms with E-state index in [4.69, 9.17) is 19.2 Å². The number of ether oxygens (including phenoxy) is 3. The van der Waals surface area contributed by atoms with E-state index >= 15 is 0 Å². The predicted octanol–water partition coefficient (Wildman–Crippen LogP) is 5.39. The third kappa shape index (κ3) is 4.60. The van der Waals surface area contributed by atoms with E-state index in [1.165, 1.54) is 42.6 Å². The van der Waals surface area contributed by atoms with Gasteiger partial charge in [-0.25, -0.2) is 4.98 Å². The van der Waals surface area contributed by atoms with Gasteiger partial charge in [-0.1, -0.05) is 47.7 Å². The van der Waals surface area contributed by atoms with Crippen LogP contribution in [0.5, 0.6) is 17.2 Å². The molecule has 9 nitrogen and oxygen atoms in total. The fourth-order valence-electron chi connectivity index (χ4n) is 3.71. The maximum atomic E-state index is 13.9. The van der Waals surface area contributed by atoms with Gasteiger partial charge in [0.05, 0.1) is 43.6 Å². The van der Waals surface area contributed by atoms with Gasteiger partial charge in [-0.2, -0.15) is 0 Å². The molecule has 1 aromatic heterocycles. The maximum absolute atomic E-state index is 13.9. The average molecular weight is 494 g/mol. The molecule has 0 spiro atoms. The second-order valence-corrected chi connectivity index (χ2v) is 8.59. The normalized spacial score (nSPS) is 10.7. The van der Waals surface area contributed by atoms with Crippen molar-refractivity contribution in [1.29, 1.82) is 0 Å². The first-order valence-corrected chi connectivity index (χ1v) is 11.4. The summed E-state index contributed by atoms with van der Waals surface area (Å²) in [5.74, 6) is 0.364. The Bertz CT molecular complexity index is 1400. The minimum absolute atomic E-state index is 0.133. The molecule has 0 fully saturated rings. The van der Waals surface area contributed by atoms with E-state index in [1.54, 1.807) is 7.11 Å². The Balaban J connectivity index is 1.90. The van der Waals surface area contributed by atoms with E-state index in [0.29, 0.717) is 16.4 Å². The van der Waals surface area contributed by atoms with Crippen LogP contribution in [0.1, 0.15) is 21.5 Å². The molecule has 0 atom stereocenters. The quantitative estimate of drug-likeness (QED) is 0.240. The number of anilines is 1. The topological polar surface area (TPSA) is 104 Å². The van der Waals surface area contributed by atoms with Gasteiger partial charge in [0, 0.05) is 6.07 Å². The lowest BCUT2D eigenvalue weighted by atomic mass is 10.1. The number of amides is 1. The van der Waals surface area contributed by atoms with E-state index in [2.05, 4.69) is 0 Å². The van der Waals surface area contributed by atoms with Gasteiger partial charge in [0.15, 0.2) is 16.6 Å². The van der Waals surface area contributed by atoms with E-state index < -0.39 is 10.8 Å². The van der Waals surface area contributed by atoms with Crippen LogP contribution in [0.4, 0.5) is 10.8 Å². The van der Waals surface area contributed by atoms with Crippen molar-refractivity contribution < 1.29 is 23.9 Å². The van der Waals surface area contributed by atoms with Crippen LogP contribution in [0, 0.1) is 17.0 Å². The first kappa shape index (κ1) is 24.0. The van der Waals surface area contributed by atoms with Gasteiger partial charge in [0.2, 0.25) is 0 Å². The molecule has 1 amide bonds. The van der Waals surface area contributed by atoms with Crippen LogP contribution in [0.3, 0.4) is 0 Å². The summed E-state index contributed by atoms with van der Waals surface area (Å²) in [5, 5.41) is 12.3. The molecule has 0 saturated heterocycles. The van der Waals surface area contributed by atoms with Crippen molar-refractivity contribution in [3.63, 3.8) is 0 Å². The number of carbonyl (C=O) groups is 1. The molecule has 4 aromatic rings. The number of thiazole rings is 1. The average Bonchev–Trinajstić information content (AvgIpc) is 3.33. The number of methoxy groups -OCH3 is 3. The van der Waals surface area contributed by atoms with E-state index in [9.17, 15) is 14.9 Å². The summed E-state index contributed by atoms with van der Waals surface area (Å²) >= 11 is 1.32. The molecule has 0 aliphatic carbocycles. The van der Waals surface area contributed by atoms with E-state index in [1.807, 2.05) is 49.4 Å². The fraction of sp³-hybridized carbons (Fsp3) is 0.200. The lowest BCUT2D eigenvalue weighted by molar-refractivity contribution is -0.385. The zero-order chi connectivity index (χ0) is 25.1. The Morgan fingerprint density at radius 2 is 1.66 bits per heavy atom. The summed E-state index contributed by atoms with van der Waals surface area (Å²) in [4.78, 5) is 31.3. The number of hydrogen-bond donors (Lipinski definition) is 0. The minimum Gasteiger partial charge on any atom is -0.494 e. The molecule has 180 valence electrons. The SMILES string of the molecule is COc1cc(C(=O)N(Cc2ccccc2)c2nc3c(OC)ccc(C)c3s2)c([N+](=O)[O-])cc1OC. The molecule has 10 heteroatoms. The standard InChI is InChI=1S/C25H23N3O6S/c1-15-10-11-19(32-2)22-23(15)35-25(26-22)27(14-16-8-6-5-7-9-16)24(29)17-12-20(33-3)21(34-4)13-18(17)28(30)31/h5-13H,14H2,1-4H3. The molecule has 0 bridgehead atoms. The summed E-state index contributed by atoms with van der Waals surface area (Å²) in [6.07, 6.45) is 0. The van der Waals surface area contributed by atoms with Crippen molar-refractivity contribution in [2.24, 2.45) is 0 Å². The van der Waals surface area contributed by atoms with Crippen molar-refractivity contribution in [3.05, 3.63) is 81.4 Å². The number of aryl methyl sites for hydroxylation is 1. The molecule has 0 unspecified atom stereocenters. The van der Waals surface area contributed by atoms with Crippen LogP contribution in [-0.2, 0) is 6.54 Å². The summed E-state index contributed by atoms with van der Waals surface area (Å²) in [7, 11) is 4.34. The molecule has 1 heterocycles. The lowest BCUT2D eigenvalue weighted by Gasteiger charge is -2.21. The van der Waals surface area contributed by atoms with Crippen molar-refractivity contribution in [3.8, 4) is 17.2 Å². The lowest BCUT2D eigenvalue weighted by Crippen LogP contribution is -2.31. The highest BCUT2D eigenvalue weighted by Crippen LogP contribution is 2.39. The number of nitrogens with zero attached hydrogens (tertiary/aromatic N) is 3. The summed E-state index contributed by atoms with van der Waals surface area (Å²) in [5.41, 5.74) is 1.92. The molecule has 0 saturated carbocycles. The Labute approximate surface area is 205 Å². The van der Waals surface area contributed by atoms with Gasteiger partial charge in [0.1, 0.15) is 16.8 Å². The molecule has 35 heavy (non-hydrogen) atoms. The van der Waals surface area contributed by atoms with Crippen LogP contribution >= 0.6 is 11.3 Å². The van der Waals surface area contributed by atoms with Gasteiger partial charge in [-0.3, -0.25) is 19.8 Å². The maximum Gasteiger partial charge on any atom is 0.286 e. The molecule has 4 rings (SSSR count). The highest BCUT2D eigenvalue weighted by atomic mass is 32.1. The first-order valence-electron chi connectivity index (χ1n) is 10.6. The first-order chi connectivity index (χ1) is 16.9. The van der Waals surface area contributed by atoms with E-state index in [-0.39, 0.29) is 29.3 Å². The number of rotatable bonds is 8. The smallest absolute Gasteiger partial charge is 0.286 e. The Morgan fingerprint density at radius 3 is 2.29 bits per heavy atom. The number of nitro benzene ring substituents is 1. The van der Waals surface area contributed by atoms with Crippen molar-refractivity contribution in [2.45, 2.75) is 13.5 Å². The number of carbonyl (C=O) groups excluding carboxylic acids is 1. The zero-order valence-electron chi connectivity index (χ0n) is 19.6. The van der Waals surface area contributed by atoms with Gasteiger partial charge in [-0.05, 0) is 24.1 Å². The number of aromatic nitrogens is 1. The molecule has 0 N–H and O–H groups in total. The molecule has 0 aliphatic heterocycles. The van der Waals surface area contributed by atoms with Gasteiger partial charge in [0.25, 0.3) is 11.6 Å². The number of hydrogen-bond acceptors (Lipinski definition) is 8. The van der Waals surface area contributed by atoms with Crippen molar-refractivity contribution >= 4 is 38.3 Å². The predicted molar refractivity (Wildman–Crippen MR) is 134 cm³/mol. The second kappa shape index (κ2) is 9.98. The Morgan fingerprint density at radius 1 is 1.00 bits per heavy atom. The van der Waals surface area contributed by atoms with Crippen LogP contribution in [0.25, 0.3) is 10.2 Å². The van der Waals surface area contributed by atoms with Gasteiger partial charge < -0.3 is 14.2 Å². The summed E-state index contributed by atoms with van der Waals surface area (Å²) in [6, 6.07) is 15.6. The van der Waals surface area contributed by atoms with Crippen LogP contribution < -0.4 is 19.1 Å². The summed E-state index contributed by atoms with van der Waals surface area (Å²) < 4.78 is 16.8. The number of nitro groups is 1. The monoisotopic (exact) mass is 493 g/mol. The largest absolute Gasteiger partial charge is 0.494 e. The zero-order valence-corrected chi connectivity index (χ0v) is 20.4. The Hall–Kier alpha value is -4.18. The highest BCUT2D eigenvalue weighted by molar-refractivity contribution is 7.22. The molecule has 0 aliphatic rings. The minimum atomic E-state index is -0.610. The third-order valence-electron chi connectivity index (χ3n) is 5.50. The number of fused-ring (bicyclic) bond motifs is 1. The van der Waals surface area contributed by atoms with Crippen LogP contribution in [0.15, 0.2) is 54.6 Å². The third-order valence-corrected chi connectivity index (χ3v) is 6.71. The van der Waals surface area contributed by atoms with Gasteiger partial charge in [-0.15, -0.1) is 0 Å². The fourth-order valence-corrected chi connectivity index (χ4v) is 4.76. The molecule has 3 aromatic carbocycles. The highest BCUT2D eigenvalue weighted by Gasteiger charge is 2.31. The summed E-state index contributed by atoms with van der Waals surface area (Å²) in [6.45, 7) is 2.11. The van der Waals surface area contributed by atoms with Crippen LogP contribution in [0.2, 0.25) is 0 Å². The second-order valence-electron chi connectivity index (χ2n) is 7.62.